The Morgan fingerprint density at radius 1 is 1.09 bits per heavy atom. The van der Waals surface area contributed by atoms with Crippen LogP contribution in [0.25, 0.3) is 21.9 Å². The van der Waals surface area contributed by atoms with Crippen molar-refractivity contribution in [3.05, 3.63) is 52.7 Å². The molecular weight excluding hydrogens is 280 g/mol. The normalized spacial score (nSPS) is 11.0. The third kappa shape index (κ3) is 2.46. The predicted molar refractivity (Wildman–Crippen MR) is 87.1 cm³/mol. The van der Waals surface area contributed by atoms with Crippen molar-refractivity contribution in [3.8, 4) is 0 Å². The average Bonchev–Trinajstić information content (AvgIpc) is 2.56. The van der Waals surface area contributed by atoms with E-state index in [1.54, 1.807) is 41.3 Å². The highest BCUT2D eigenvalue weighted by Crippen LogP contribution is 2.23. The number of nitrogens with two attached hydrogens (primary N) is 1. The molecule has 3 aromatic rings. The minimum absolute atomic E-state index is 0.0941. The summed E-state index contributed by atoms with van der Waals surface area (Å²) in [6.45, 7) is 1.02. The van der Waals surface area contributed by atoms with Crippen LogP contribution in [0.4, 0.5) is 5.69 Å². The number of hydrogen-bond donors (Lipinski definition) is 1. The lowest BCUT2D eigenvalue weighted by molar-refractivity contribution is -0.107. The molecule has 0 aliphatic carbocycles. The second kappa shape index (κ2) is 5.99. The van der Waals surface area contributed by atoms with Gasteiger partial charge in [-0.3, -0.25) is 9.59 Å². The Labute approximate surface area is 126 Å². The van der Waals surface area contributed by atoms with Gasteiger partial charge < -0.3 is 15.1 Å². The summed E-state index contributed by atoms with van der Waals surface area (Å²) in [5.41, 5.74) is 7.12. The van der Waals surface area contributed by atoms with Gasteiger partial charge in [-0.1, -0.05) is 12.1 Å². The van der Waals surface area contributed by atoms with Crippen molar-refractivity contribution >= 4 is 34.0 Å². The molecule has 2 N–H and O–H groups in total. The van der Waals surface area contributed by atoms with Crippen molar-refractivity contribution in [2.75, 3.05) is 18.0 Å². The van der Waals surface area contributed by atoms with Crippen LogP contribution in [0, 0.1) is 0 Å². The first-order valence-electron chi connectivity index (χ1n) is 7.12. The van der Waals surface area contributed by atoms with Crippen molar-refractivity contribution in [1.82, 2.24) is 0 Å². The molecule has 2 aromatic carbocycles. The lowest BCUT2D eigenvalue weighted by Crippen LogP contribution is -2.24. The van der Waals surface area contributed by atoms with Gasteiger partial charge in [0.2, 0.25) is 11.8 Å². The molecule has 3 rings (SSSR count). The zero-order valence-corrected chi connectivity index (χ0v) is 12.0. The second-order valence-corrected chi connectivity index (χ2v) is 5.05. The van der Waals surface area contributed by atoms with Crippen molar-refractivity contribution in [2.45, 2.75) is 6.42 Å². The Hall–Kier alpha value is -2.66. The number of hydrogen-bond acceptors (Lipinski definition) is 4. The molecule has 0 bridgehead atoms. The van der Waals surface area contributed by atoms with E-state index >= 15 is 0 Å². The molecule has 0 atom stereocenters. The van der Waals surface area contributed by atoms with Gasteiger partial charge in [-0.25, -0.2) is 0 Å². The quantitative estimate of drug-likeness (QED) is 0.579. The van der Waals surface area contributed by atoms with Gasteiger partial charge in [0.15, 0.2) is 0 Å². The van der Waals surface area contributed by atoms with Gasteiger partial charge in [-0.15, -0.1) is 0 Å². The van der Waals surface area contributed by atoms with Gasteiger partial charge in [0, 0.05) is 12.2 Å². The van der Waals surface area contributed by atoms with Gasteiger partial charge in [0.25, 0.3) is 0 Å². The van der Waals surface area contributed by atoms with E-state index in [1.165, 1.54) is 0 Å². The standard InChI is InChI=1S/C17H16N2O3/c18-8-3-9-19(11-20)12-6-7-16-14(10-12)17(21)13-4-1-2-5-15(13)22-16/h1-2,4-7,10-11H,3,8-9,18H2. The molecule has 0 fully saturated rings. The summed E-state index contributed by atoms with van der Waals surface area (Å²) in [5.74, 6) is 0. The first-order valence-corrected chi connectivity index (χ1v) is 7.12. The minimum atomic E-state index is -0.0941. The van der Waals surface area contributed by atoms with Crippen LogP contribution in [-0.4, -0.2) is 19.5 Å². The van der Waals surface area contributed by atoms with E-state index in [4.69, 9.17) is 10.2 Å². The third-order valence-electron chi connectivity index (χ3n) is 3.62. The van der Waals surface area contributed by atoms with E-state index in [0.717, 1.165) is 6.41 Å². The van der Waals surface area contributed by atoms with Crippen LogP contribution in [0.1, 0.15) is 6.42 Å². The van der Waals surface area contributed by atoms with E-state index in [0.29, 0.717) is 47.1 Å². The highest BCUT2D eigenvalue weighted by atomic mass is 16.3. The van der Waals surface area contributed by atoms with Crippen LogP contribution in [0.15, 0.2) is 51.7 Å². The first-order chi connectivity index (χ1) is 10.7. The highest BCUT2D eigenvalue weighted by molar-refractivity contribution is 5.92. The van der Waals surface area contributed by atoms with Crippen LogP contribution in [0.3, 0.4) is 0 Å². The summed E-state index contributed by atoms with van der Waals surface area (Å²) in [6, 6.07) is 12.3. The molecule has 0 aliphatic rings. The number of nitrogens with zero attached hydrogens (tertiary/aromatic N) is 1. The number of amides is 1. The molecule has 0 aliphatic heterocycles. The number of carbonyl (C=O) groups is 1. The van der Waals surface area contributed by atoms with Crippen molar-refractivity contribution in [1.29, 1.82) is 0 Å². The predicted octanol–water partition coefficient (Wildman–Crippen LogP) is 2.26. The maximum absolute atomic E-state index is 12.6. The molecule has 1 amide bonds. The summed E-state index contributed by atoms with van der Waals surface area (Å²) < 4.78 is 5.75. The van der Waals surface area contributed by atoms with Crippen LogP contribution >= 0.6 is 0 Å². The zero-order chi connectivity index (χ0) is 15.5. The zero-order valence-electron chi connectivity index (χ0n) is 12.0. The minimum Gasteiger partial charge on any atom is -0.456 e. The van der Waals surface area contributed by atoms with Gasteiger partial charge >= 0.3 is 0 Å². The van der Waals surface area contributed by atoms with E-state index in [-0.39, 0.29) is 5.43 Å². The van der Waals surface area contributed by atoms with Crippen LogP contribution in [0.5, 0.6) is 0 Å². The monoisotopic (exact) mass is 296 g/mol. The Bertz CT molecular complexity index is 886. The summed E-state index contributed by atoms with van der Waals surface area (Å²) in [6.07, 6.45) is 1.45. The fourth-order valence-electron chi connectivity index (χ4n) is 2.47. The first kappa shape index (κ1) is 14.3. The molecule has 0 radical (unpaired) electrons. The van der Waals surface area contributed by atoms with Crippen molar-refractivity contribution in [3.63, 3.8) is 0 Å². The Morgan fingerprint density at radius 3 is 2.64 bits per heavy atom. The molecule has 5 heteroatoms. The molecule has 5 nitrogen and oxygen atoms in total. The lowest BCUT2D eigenvalue weighted by Gasteiger charge is -2.17. The second-order valence-electron chi connectivity index (χ2n) is 5.05. The molecule has 0 saturated carbocycles. The highest BCUT2D eigenvalue weighted by Gasteiger charge is 2.11. The molecule has 112 valence electrons. The molecule has 0 spiro atoms. The van der Waals surface area contributed by atoms with Gasteiger partial charge in [0.1, 0.15) is 11.2 Å². The Kier molecular flexibility index (Phi) is 3.89. The molecule has 1 heterocycles. The number of anilines is 1. The van der Waals surface area contributed by atoms with Crippen LogP contribution in [-0.2, 0) is 4.79 Å². The maximum Gasteiger partial charge on any atom is 0.214 e. The summed E-state index contributed by atoms with van der Waals surface area (Å²) >= 11 is 0. The van der Waals surface area contributed by atoms with E-state index in [2.05, 4.69) is 0 Å². The Balaban J connectivity index is 2.16. The topological polar surface area (TPSA) is 76.5 Å². The molecule has 0 saturated heterocycles. The molecule has 0 unspecified atom stereocenters. The van der Waals surface area contributed by atoms with Crippen molar-refractivity contribution in [2.24, 2.45) is 5.73 Å². The largest absolute Gasteiger partial charge is 0.456 e. The van der Waals surface area contributed by atoms with Crippen LogP contribution in [0.2, 0.25) is 0 Å². The lowest BCUT2D eigenvalue weighted by atomic mass is 10.1. The summed E-state index contributed by atoms with van der Waals surface area (Å²) in [5, 5.41) is 1.00. The molecule has 1 aromatic heterocycles. The third-order valence-corrected chi connectivity index (χ3v) is 3.62. The van der Waals surface area contributed by atoms with Gasteiger partial charge in [-0.2, -0.15) is 0 Å². The van der Waals surface area contributed by atoms with E-state index in [9.17, 15) is 9.59 Å². The smallest absolute Gasteiger partial charge is 0.214 e. The van der Waals surface area contributed by atoms with Crippen LogP contribution < -0.4 is 16.1 Å². The average molecular weight is 296 g/mol. The van der Waals surface area contributed by atoms with E-state index in [1.807, 2.05) is 6.07 Å². The maximum atomic E-state index is 12.6. The SMILES string of the molecule is NCCCN(C=O)c1ccc2oc3ccccc3c(=O)c2c1. The number of rotatable bonds is 5. The fraction of sp³-hybridized carbons (Fsp3) is 0.176. The molecular formula is C17H16N2O3. The summed E-state index contributed by atoms with van der Waals surface area (Å²) in [7, 11) is 0. The number of para-hydroxylation sites is 1. The number of benzene rings is 2. The van der Waals surface area contributed by atoms with E-state index < -0.39 is 0 Å². The van der Waals surface area contributed by atoms with Gasteiger partial charge in [0.05, 0.1) is 10.8 Å². The Morgan fingerprint density at radius 2 is 1.86 bits per heavy atom. The fourth-order valence-corrected chi connectivity index (χ4v) is 2.47. The summed E-state index contributed by atoms with van der Waals surface area (Å²) in [4.78, 5) is 25.3. The van der Waals surface area contributed by atoms with Crippen molar-refractivity contribution < 1.29 is 9.21 Å². The molecule has 22 heavy (non-hydrogen) atoms. The number of fused-ring (bicyclic) bond motifs is 2. The number of carbonyl (C=O) groups excluding carboxylic acids is 1. The van der Waals surface area contributed by atoms with Gasteiger partial charge in [-0.05, 0) is 43.3 Å².